The van der Waals surface area contributed by atoms with Gasteiger partial charge in [-0.2, -0.15) is 4.98 Å². The van der Waals surface area contributed by atoms with Gasteiger partial charge in [-0.05, 0) is 29.7 Å². The van der Waals surface area contributed by atoms with Gasteiger partial charge < -0.3 is 9.42 Å². The van der Waals surface area contributed by atoms with Gasteiger partial charge in [0.25, 0.3) is 5.89 Å². The third-order valence-electron chi connectivity index (χ3n) is 4.93. The lowest BCUT2D eigenvalue weighted by molar-refractivity contribution is -0.128. The number of likely N-dealkylation sites (tertiary alicyclic amines) is 1. The number of nitrogens with zero attached hydrogens (tertiary/aromatic N) is 3. The molecule has 1 saturated heterocycles. The Morgan fingerprint density at radius 1 is 1.15 bits per heavy atom. The summed E-state index contributed by atoms with van der Waals surface area (Å²) in [6, 6.07) is 14.6. The van der Waals surface area contributed by atoms with E-state index in [4.69, 9.17) is 4.52 Å². The minimum atomic E-state index is -0.410. The molecule has 1 fully saturated rings. The summed E-state index contributed by atoms with van der Waals surface area (Å²) in [5.74, 6) is 0.107. The van der Waals surface area contributed by atoms with Crippen LogP contribution in [0.2, 0.25) is 0 Å². The summed E-state index contributed by atoms with van der Waals surface area (Å²) in [6.07, 6.45) is 1.33. The van der Waals surface area contributed by atoms with Crippen molar-refractivity contribution in [1.29, 1.82) is 0 Å². The molecule has 1 atom stereocenters. The van der Waals surface area contributed by atoms with Gasteiger partial charge in [0, 0.05) is 25.4 Å². The molecular weight excluding hydrogens is 345 g/mol. The van der Waals surface area contributed by atoms with Gasteiger partial charge in [0.1, 0.15) is 5.82 Å². The van der Waals surface area contributed by atoms with E-state index in [1.165, 1.54) is 11.6 Å². The molecule has 0 N–H and O–H groups in total. The van der Waals surface area contributed by atoms with Crippen LogP contribution < -0.4 is 0 Å². The zero-order valence-electron chi connectivity index (χ0n) is 15.1. The smallest absolute Gasteiger partial charge is 0.260 e. The molecule has 6 heteroatoms. The summed E-state index contributed by atoms with van der Waals surface area (Å²) in [5.41, 5.74) is 2.65. The second-order valence-corrected chi connectivity index (χ2v) is 6.78. The third kappa shape index (κ3) is 3.60. The Kier molecular flexibility index (Phi) is 4.71. The average molecular weight is 365 g/mol. The zero-order valence-corrected chi connectivity index (χ0v) is 15.1. The number of amides is 1. The average Bonchev–Trinajstić information content (AvgIpc) is 3.30. The highest BCUT2D eigenvalue weighted by molar-refractivity contribution is 5.79. The Balaban J connectivity index is 1.47. The summed E-state index contributed by atoms with van der Waals surface area (Å²) in [5, 5.41) is 3.98. The van der Waals surface area contributed by atoms with Crippen LogP contribution in [0.15, 0.2) is 53.1 Å². The zero-order chi connectivity index (χ0) is 18.8. The van der Waals surface area contributed by atoms with Gasteiger partial charge in [0.15, 0.2) is 5.82 Å². The van der Waals surface area contributed by atoms with Crippen LogP contribution in [-0.2, 0) is 17.8 Å². The van der Waals surface area contributed by atoms with Crippen molar-refractivity contribution < 1.29 is 13.7 Å². The van der Waals surface area contributed by atoms with Gasteiger partial charge in [-0.25, -0.2) is 4.39 Å². The minimum absolute atomic E-state index is 0.0665. The van der Waals surface area contributed by atoms with Gasteiger partial charge in [0.05, 0.1) is 5.56 Å². The number of aryl methyl sites for hydroxylation is 1. The number of rotatable bonds is 5. The number of carbonyl (C=O) groups excluding carboxylic acids is 1. The van der Waals surface area contributed by atoms with E-state index in [9.17, 15) is 9.18 Å². The number of carbonyl (C=O) groups is 1. The molecule has 0 saturated carbocycles. The molecule has 0 spiro atoms. The number of benzene rings is 2. The molecule has 27 heavy (non-hydrogen) atoms. The summed E-state index contributed by atoms with van der Waals surface area (Å²) in [4.78, 5) is 18.5. The van der Waals surface area contributed by atoms with E-state index in [2.05, 4.69) is 41.3 Å². The topological polar surface area (TPSA) is 59.2 Å². The predicted molar refractivity (Wildman–Crippen MR) is 98.3 cm³/mol. The summed E-state index contributed by atoms with van der Waals surface area (Å²) < 4.78 is 19.1. The SMILES string of the molecule is CCc1ccc(CN2CC(c3noc(-c4ccccc4F)n3)CC2=O)cc1. The molecule has 4 rings (SSSR count). The Bertz CT molecular complexity index is 952. The number of hydrogen-bond acceptors (Lipinski definition) is 4. The van der Waals surface area contributed by atoms with Gasteiger partial charge in [0.2, 0.25) is 5.91 Å². The molecule has 1 amide bonds. The molecule has 2 aromatic carbocycles. The van der Waals surface area contributed by atoms with Crippen LogP contribution in [0.3, 0.4) is 0 Å². The normalized spacial score (nSPS) is 16.9. The molecule has 0 radical (unpaired) electrons. The number of hydrogen-bond donors (Lipinski definition) is 0. The van der Waals surface area contributed by atoms with E-state index >= 15 is 0 Å². The summed E-state index contributed by atoms with van der Waals surface area (Å²) in [7, 11) is 0. The number of aromatic nitrogens is 2. The highest BCUT2D eigenvalue weighted by Crippen LogP contribution is 2.29. The van der Waals surface area contributed by atoms with E-state index in [0.717, 1.165) is 12.0 Å². The Morgan fingerprint density at radius 3 is 2.63 bits per heavy atom. The fourth-order valence-corrected chi connectivity index (χ4v) is 3.34. The van der Waals surface area contributed by atoms with Crippen molar-refractivity contribution in [2.75, 3.05) is 6.54 Å². The Morgan fingerprint density at radius 2 is 1.89 bits per heavy atom. The molecular formula is C21H20FN3O2. The Labute approximate surface area is 156 Å². The van der Waals surface area contributed by atoms with Crippen LogP contribution in [0, 0.1) is 5.82 Å². The van der Waals surface area contributed by atoms with Crippen molar-refractivity contribution >= 4 is 5.91 Å². The van der Waals surface area contributed by atoms with Crippen LogP contribution in [0.5, 0.6) is 0 Å². The van der Waals surface area contributed by atoms with Gasteiger partial charge >= 0.3 is 0 Å². The second-order valence-electron chi connectivity index (χ2n) is 6.78. The second kappa shape index (κ2) is 7.31. The van der Waals surface area contributed by atoms with E-state index in [1.807, 2.05) is 4.90 Å². The van der Waals surface area contributed by atoms with Crippen LogP contribution in [0.25, 0.3) is 11.5 Å². The minimum Gasteiger partial charge on any atom is -0.338 e. The molecule has 1 unspecified atom stereocenters. The molecule has 5 nitrogen and oxygen atoms in total. The van der Waals surface area contributed by atoms with Crippen LogP contribution >= 0.6 is 0 Å². The van der Waals surface area contributed by atoms with Crippen molar-refractivity contribution in [2.24, 2.45) is 0 Å². The van der Waals surface area contributed by atoms with Gasteiger partial charge in [-0.1, -0.05) is 48.5 Å². The van der Waals surface area contributed by atoms with Crippen molar-refractivity contribution in [3.05, 3.63) is 71.3 Å². The monoisotopic (exact) mass is 365 g/mol. The van der Waals surface area contributed by atoms with E-state index in [0.29, 0.717) is 25.3 Å². The third-order valence-corrected chi connectivity index (χ3v) is 4.93. The molecule has 3 aromatic rings. The van der Waals surface area contributed by atoms with Crippen molar-refractivity contribution in [1.82, 2.24) is 15.0 Å². The first kappa shape index (κ1) is 17.4. The molecule has 0 bridgehead atoms. The molecule has 1 aromatic heterocycles. The van der Waals surface area contributed by atoms with E-state index in [-0.39, 0.29) is 23.3 Å². The van der Waals surface area contributed by atoms with E-state index in [1.54, 1.807) is 18.2 Å². The maximum absolute atomic E-state index is 13.9. The Hall–Kier alpha value is -3.02. The van der Waals surface area contributed by atoms with Crippen molar-refractivity contribution in [3.8, 4) is 11.5 Å². The first-order valence-corrected chi connectivity index (χ1v) is 9.08. The van der Waals surface area contributed by atoms with Crippen LogP contribution in [0.1, 0.15) is 36.2 Å². The van der Waals surface area contributed by atoms with Crippen LogP contribution in [0.4, 0.5) is 4.39 Å². The summed E-state index contributed by atoms with van der Waals surface area (Å²) >= 11 is 0. The first-order chi connectivity index (χ1) is 13.1. The lowest BCUT2D eigenvalue weighted by Crippen LogP contribution is -2.24. The molecule has 138 valence electrons. The lowest BCUT2D eigenvalue weighted by atomic mass is 10.1. The number of halogens is 1. The maximum Gasteiger partial charge on any atom is 0.260 e. The van der Waals surface area contributed by atoms with Gasteiger partial charge in [-0.3, -0.25) is 4.79 Å². The fourth-order valence-electron chi connectivity index (χ4n) is 3.34. The molecule has 0 aliphatic carbocycles. The molecule has 1 aliphatic heterocycles. The lowest BCUT2D eigenvalue weighted by Gasteiger charge is -2.16. The summed E-state index contributed by atoms with van der Waals surface area (Å²) in [6.45, 7) is 3.21. The standard InChI is InChI=1S/C21H20FN3O2/c1-2-14-7-9-15(10-8-14)12-25-13-16(11-19(25)26)20-23-21(27-24-20)17-5-3-4-6-18(17)22/h3-10,16H,2,11-13H2,1H3. The quantitative estimate of drug-likeness (QED) is 0.687. The largest absolute Gasteiger partial charge is 0.338 e. The predicted octanol–water partition coefficient (Wildman–Crippen LogP) is 3.95. The van der Waals surface area contributed by atoms with E-state index < -0.39 is 5.82 Å². The van der Waals surface area contributed by atoms with Gasteiger partial charge in [-0.15, -0.1) is 0 Å². The highest BCUT2D eigenvalue weighted by Gasteiger charge is 2.33. The first-order valence-electron chi connectivity index (χ1n) is 9.08. The van der Waals surface area contributed by atoms with Crippen molar-refractivity contribution in [3.63, 3.8) is 0 Å². The fraction of sp³-hybridized carbons (Fsp3) is 0.286. The molecule has 1 aliphatic rings. The van der Waals surface area contributed by atoms with Crippen LogP contribution in [-0.4, -0.2) is 27.5 Å². The maximum atomic E-state index is 13.9. The van der Waals surface area contributed by atoms with Crippen molar-refractivity contribution in [2.45, 2.75) is 32.2 Å². The highest BCUT2D eigenvalue weighted by atomic mass is 19.1. The molecule has 2 heterocycles.